The van der Waals surface area contributed by atoms with E-state index in [9.17, 15) is 27.6 Å². The fourth-order valence-corrected chi connectivity index (χ4v) is 3.09. The van der Waals surface area contributed by atoms with Crippen molar-refractivity contribution in [1.82, 2.24) is 4.98 Å². The number of nitrogens with zero attached hydrogens (tertiary/aromatic N) is 1. The number of rotatable bonds is 6. The third-order valence-electron chi connectivity index (χ3n) is 3.76. The molecule has 32 heavy (non-hydrogen) atoms. The first kappa shape index (κ1) is 25.0. The van der Waals surface area contributed by atoms with Crippen LogP contribution in [0.5, 0.6) is 0 Å². The molecule has 168 valence electrons. The molecule has 0 aliphatic carbocycles. The predicted molar refractivity (Wildman–Crippen MR) is 117 cm³/mol. The second-order valence-electron chi connectivity index (χ2n) is 6.06. The fourth-order valence-electron chi connectivity index (χ4n) is 2.34. The van der Waals surface area contributed by atoms with Gasteiger partial charge in [0.1, 0.15) is 11.7 Å². The van der Waals surface area contributed by atoms with Crippen LogP contribution < -0.4 is 10.6 Å². The first-order chi connectivity index (χ1) is 15.2. The lowest BCUT2D eigenvalue weighted by atomic mass is 10.1. The van der Waals surface area contributed by atoms with E-state index in [2.05, 4.69) is 15.6 Å². The molecule has 6 nitrogen and oxygen atoms in total. The standard InChI is InChI=1S/C15H11ClF3NO.C6H6N2O2S/c16-13(10-6-2-1-3-7-10)14(21)20-12-9-5-4-8-11(12)15(17,18)19;9-3-1-5(10)8-6-7-2-4-11-6/h1-9,13H,(H,20,21);2-4H,1H2,(H,7,8,10). The molecule has 1 atom stereocenters. The minimum absolute atomic E-state index is 0.112. The van der Waals surface area contributed by atoms with Gasteiger partial charge < -0.3 is 15.4 Å². The third kappa shape index (κ3) is 7.78. The van der Waals surface area contributed by atoms with E-state index >= 15 is 0 Å². The SMILES string of the molecule is O=C(Nc1ccccc1C(F)(F)F)C(Cl)c1ccccc1.O=CCC(=O)Nc1nccs1. The Morgan fingerprint density at radius 2 is 1.72 bits per heavy atom. The smallest absolute Gasteiger partial charge is 0.324 e. The Morgan fingerprint density at radius 3 is 2.31 bits per heavy atom. The van der Waals surface area contributed by atoms with E-state index in [0.29, 0.717) is 17.0 Å². The lowest BCUT2D eigenvalue weighted by Crippen LogP contribution is -2.20. The number of benzene rings is 2. The number of aromatic nitrogens is 1. The molecule has 2 aromatic carbocycles. The Balaban J connectivity index is 0.000000278. The van der Waals surface area contributed by atoms with Crippen molar-refractivity contribution < 1.29 is 27.6 Å². The summed E-state index contributed by atoms with van der Waals surface area (Å²) in [7, 11) is 0. The zero-order chi connectivity index (χ0) is 23.6. The van der Waals surface area contributed by atoms with Crippen molar-refractivity contribution in [1.29, 1.82) is 0 Å². The number of thiazole rings is 1. The molecule has 0 spiro atoms. The number of alkyl halides is 4. The van der Waals surface area contributed by atoms with Crippen molar-refractivity contribution in [2.24, 2.45) is 0 Å². The molecule has 0 bridgehead atoms. The van der Waals surface area contributed by atoms with Crippen molar-refractivity contribution in [2.45, 2.75) is 18.0 Å². The van der Waals surface area contributed by atoms with Crippen LogP contribution in [0, 0.1) is 0 Å². The summed E-state index contributed by atoms with van der Waals surface area (Å²) in [5.74, 6) is -1.03. The van der Waals surface area contributed by atoms with Gasteiger partial charge in [-0.1, -0.05) is 42.5 Å². The predicted octanol–water partition coefficient (Wildman–Crippen LogP) is 5.29. The molecule has 2 amide bonds. The van der Waals surface area contributed by atoms with Gasteiger partial charge in [0.25, 0.3) is 0 Å². The van der Waals surface area contributed by atoms with Crippen LogP contribution in [-0.2, 0) is 20.6 Å². The van der Waals surface area contributed by atoms with E-state index in [0.717, 1.165) is 6.07 Å². The molecule has 1 unspecified atom stereocenters. The third-order valence-corrected chi connectivity index (χ3v) is 4.90. The molecule has 3 rings (SSSR count). The maximum Gasteiger partial charge on any atom is 0.418 e. The zero-order valence-electron chi connectivity index (χ0n) is 16.3. The maximum absolute atomic E-state index is 12.8. The van der Waals surface area contributed by atoms with Crippen LogP contribution >= 0.6 is 22.9 Å². The number of carbonyl (C=O) groups is 3. The van der Waals surface area contributed by atoms with Gasteiger partial charge in [-0.15, -0.1) is 22.9 Å². The molecule has 0 saturated carbocycles. The highest BCUT2D eigenvalue weighted by Crippen LogP contribution is 2.35. The lowest BCUT2D eigenvalue weighted by molar-refractivity contribution is -0.137. The number of halogens is 4. The second kappa shape index (κ2) is 12.0. The quantitative estimate of drug-likeness (QED) is 0.283. The summed E-state index contributed by atoms with van der Waals surface area (Å²) in [4.78, 5) is 36.4. The van der Waals surface area contributed by atoms with Gasteiger partial charge in [0.05, 0.1) is 17.7 Å². The molecular weight excluding hydrogens is 467 g/mol. The molecule has 3 aromatic rings. The van der Waals surface area contributed by atoms with E-state index in [-0.39, 0.29) is 18.0 Å². The van der Waals surface area contributed by atoms with Crippen molar-refractivity contribution in [3.8, 4) is 0 Å². The van der Waals surface area contributed by atoms with Gasteiger partial charge in [0.2, 0.25) is 11.8 Å². The zero-order valence-corrected chi connectivity index (χ0v) is 17.9. The summed E-state index contributed by atoms with van der Waals surface area (Å²) < 4.78 is 38.5. The summed E-state index contributed by atoms with van der Waals surface area (Å²) in [6.45, 7) is 0. The topological polar surface area (TPSA) is 88.2 Å². The normalized spacial score (nSPS) is 11.5. The van der Waals surface area contributed by atoms with E-state index in [1.165, 1.54) is 29.5 Å². The molecule has 2 N–H and O–H groups in total. The van der Waals surface area contributed by atoms with Crippen LogP contribution in [0.1, 0.15) is 22.9 Å². The average molecular weight is 484 g/mol. The van der Waals surface area contributed by atoms with Crippen LogP contribution in [-0.4, -0.2) is 23.1 Å². The highest BCUT2D eigenvalue weighted by atomic mass is 35.5. The van der Waals surface area contributed by atoms with Crippen LogP contribution in [0.3, 0.4) is 0 Å². The van der Waals surface area contributed by atoms with Gasteiger partial charge in [0.15, 0.2) is 5.13 Å². The molecule has 0 fully saturated rings. The Hall–Kier alpha value is -3.24. The van der Waals surface area contributed by atoms with Crippen LogP contribution in [0.25, 0.3) is 0 Å². The summed E-state index contributed by atoms with van der Waals surface area (Å²) in [5, 5.41) is 5.89. The summed E-state index contributed by atoms with van der Waals surface area (Å²) in [5.41, 5.74) is -0.701. The number of carbonyl (C=O) groups excluding carboxylic acids is 3. The van der Waals surface area contributed by atoms with Crippen LogP contribution in [0.4, 0.5) is 24.0 Å². The molecule has 11 heteroatoms. The minimum Gasteiger partial charge on any atom is -0.324 e. The molecule has 0 saturated heterocycles. The van der Waals surface area contributed by atoms with Crippen LogP contribution in [0.15, 0.2) is 66.2 Å². The van der Waals surface area contributed by atoms with Crippen molar-refractivity contribution in [3.63, 3.8) is 0 Å². The maximum atomic E-state index is 12.8. The van der Waals surface area contributed by atoms with Gasteiger partial charge in [0, 0.05) is 11.6 Å². The van der Waals surface area contributed by atoms with E-state index < -0.39 is 23.0 Å². The highest BCUT2D eigenvalue weighted by Gasteiger charge is 2.34. The number of para-hydroxylation sites is 1. The molecule has 0 aliphatic rings. The van der Waals surface area contributed by atoms with E-state index in [1.54, 1.807) is 41.9 Å². The van der Waals surface area contributed by atoms with Gasteiger partial charge in [-0.3, -0.25) is 9.59 Å². The fraction of sp³-hybridized carbons (Fsp3) is 0.143. The number of aldehydes is 1. The highest BCUT2D eigenvalue weighted by molar-refractivity contribution is 7.13. The van der Waals surface area contributed by atoms with Gasteiger partial charge in [-0.05, 0) is 17.7 Å². The number of nitrogens with one attached hydrogen (secondary N) is 2. The van der Waals surface area contributed by atoms with Crippen molar-refractivity contribution >= 4 is 51.9 Å². The molecule has 0 aliphatic heterocycles. The molecule has 1 aromatic heterocycles. The lowest BCUT2D eigenvalue weighted by Gasteiger charge is -2.15. The Kier molecular flexibility index (Phi) is 9.36. The number of anilines is 2. The Labute approximate surface area is 190 Å². The monoisotopic (exact) mass is 483 g/mol. The molecule has 0 radical (unpaired) electrons. The van der Waals surface area contributed by atoms with E-state index in [1.807, 2.05) is 0 Å². The number of hydrogen-bond donors (Lipinski definition) is 2. The first-order valence-corrected chi connectivity index (χ1v) is 10.3. The largest absolute Gasteiger partial charge is 0.418 e. The minimum atomic E-state index is -4.54. The Morgan fingerprint density at radius 1 is 1.06 bits per heavy atom. The van der Waals surface area contributed by atoms with Gasteiger partial charge in [-0.2, -0.15) is 13.2 Å². The van der Waals surface area contributed by atoms with Crippen molar-refractivity contribution in [3.05, 3.63) is 77.3 Å². The van der Waals surface area contributed by atoms with E-state index in [4.69, 9.17) is 11.6 Å². The molecule has 1 heterocycles. The van der Waals surface area contributed by atoms with Gasteiger partial charge >= 0.3 is 6.18 Å². The van der Waals surface area contributed by atoms with Gasteiger partial charge in [-0.25, -0.2) is 4.98 Å². The van der Waals surface area contributed by atoms with Crippen molar-refractivity contribution in [2.75, 3.05) is 10.6 Å². The average Bonchev–Trinajstić information content (AvgIpc) is 3.27. The number of hydrogen-bond acceptors (Lipinski definition) is 5. The number of amides is 2. The van der Waals surface area contributed by atoms with Crippen LogP contribution in [0.2, 0.25) is 0 Å². The Bertz CT molecular complexity index is 1030. The first-order valence-electron chi connectivity index (χ1n) is 9.01. The molecular formula is C21H17ClF3N3O3S. The summed E-state index contributed by atoms with van der Waals surface area (Å²) in [6.07, 6.45) is -2.51. The summed E-state index contributed by atoms with van der Waals surface area (Å²) in [6, 6.07) is 13.2. The second-order valence-corrected chi connectivity index (χ2v) is 7.39. The summed E-state index contributed by atoms with van der Waals surface area (Å²) >= 11 is 7.30.